The molecule has 0 saturated heterocycles. The Labute approximate surface area is 107 Å². The summed E-state index contributed by atoms with van der Waals surface area (Å²) in [5, 5.41) is 16.7. The van der Waals surface area contributed by atoms with Gasteiger partial charge in [-0.3, -0.25) is 4.68 Å². The van der Waals surface area contributed by atoms with E-state index in [1.54, 1.807) is 18.7 Å². The maximum absolute atomic E-state index is 11.2. The van der Waals surface area contributed by atoms with Crippen LogP contribution < -0.4 is 5.32 Å². The van der Waals surface area contributed by atoms with E-state index >= 15 is 0 Å². The zero-order valence-electron chi connectivity index (χ0n) is 11.4. The van der Waals surface area contributed by atoms with Crippen molar-refractivity contribution in [2.45, 2.75) is 33.6 Å². The van der Waals surface area contributed by atoms with Gasteiger partial charge in [-0.2, -0.15) is 5.10 Å². The summed E-state index contributed by atoms with van der Waals surface area (Å²) in [5.74, 6) is 0.317. The smallest absolute Gasteiger partial charge is 0.341 e. The molecule has 0 radical (unpaired) electrons. The van der Waals surface area contributed by atoms with Gasteiger partial charge in [-0.05, 0) is 31.1 Å². The number of hydrogen-bond donors (Lipinski definition) is 2. The van der Waals surface area contributed by atoms with Crippen LogP contribution in [0.15, 0.2) is 0 Å². The maximum Gasteiger partial charge on any atom is 0.341 e. The highest BCUT2D eigenvalue weighted by molar-refractivity contribution is 5.94. The van der Waals surface area contributed by atoms with E-state index in [1.165, 1.54) is 12.8 Å². The van der Waals surface area contributed by atoms with Crippen LogP contribution in [0.2, 0.25) is 0 Å². The van der Waals surface area contributed by atoms with Gasteiger partial charge < -0.3 is 10.4 Å². The molecule has 5 heteroatoms. The van der Waals surface area contributed by atoms with Crippen LogP contribution >= 0.6 is 0 Å². The second kappa shape index (κ2) is 4.30. The molecule has 0 atom stereocenters. The number of anilines is 1. The molecule has 1 aromatic rings. The number of hydrogen-bond acceptors (Lipinski definition) is 3. The normalized spacial score (nSPS) is 16.9. The van der Waals surface area contributed by atoms with Crippen LogP contribution in [-0.2, 0) is 7.05 Å². The van der Waals surface area contributed by atoms with E-state index in [0.29, 0.717) is 22.8 Å². The highest BCUT2D eigenvalue weighted by Crippen LogP contribution is 2.51. The zero-order chi connectivity index (χ0) is 13.5. The Balaban J connectivity index is 2.17. The third-order valence-electron chi connectivity index (χ3n) is 4.16. The van der Waals surface area contributed by atoms with Crippen molar-refractivity contribution in [1.82, 2.24) is 9.78 Å². The van der Waals surface area contributed by atoms with Crippen LogP contribution in [0, 0.1) is 18.3 Å². The first-order valence-corrected chi connectivity index (χ1v) is 6.38. The SMILES string of the molecule is Cc1nn(C)c(NCC2(C(C)C)CC2)c1C(=O)O. The van der Waals surface area contributed by atoms with Crippen molar-refractivity contribution in [1.29, 1.82) is 0 Å². The number of carbonyl (C=O) groups is 1. The van der Waals surface area contributed by atoms with Gasteiger partial charge in [-0.15, -0.1) is 0 Å². The average Bonchev–Trinajstić information content (AvgIpc) is 2.98. The third kappa shape index (κ3) is 2.09. The van der Waals surface area contributed by atoms with Gasteiger partial charge in [-0.25, -0.2) is 4.79 Å². The first kappa shape index (κ1) is 12.9. The fourth-order valence-corrected chi connectivity index (χ4v) is 2.50. The van der Waals surface area contributed by atoms with Gasteiger partial charge in [0.15, 0.2) is 0 Å². The predicted molar refractivity (Wildman–Crippen MR) is 69.9 cm³/mol. The van der Waals surface area contributed by atoms with E-state index < -0.39 is 5.97 Å². The number of aryl methyl sites for hydroxylation is 2. The van der Waals surface area contributed by atoms with E-state index in [0.717, 1.165) is 6.54 Å². The molecule has 0 spiro atoms. The molecule has 1 aliphatic rings. The molecular weight excluding hydrogens is 230 g/mol. The van der Waals surface area contributed by atoms with Crippen molar-refractivity contribution in [3.63, 3.8) is 0 Å². The molecule has 1 aromatic heterocycles. The summed E-state index contributed by atoms with van der Waals surface area (Å²) in [5.41, 5.74) is 1.19. The number of aromatic nitrogens is 2. The first-order valence-electron chi connectivity index (χ1n) is 6.38. The lowest BCUT2D eigenvalue weighted by Crippen LogP contribution is -2.22. The van der Waals surface area contributed by atoms with Crippen LogP contribution in [0.5, 0.6) is 0 Å². The molecule has 0 aliphatic heterocycles. The number of nitrogens with zero attached hydrogens (tertiary/aromatic N) is 2. The summed E-state index contributed by atoms with van der Waals surface area (Å²) < 4.78 is 1.62. The van der Waals surface area contributed by atoms with Crippen molar-refractivity contribution in [3.8, 4) is 0 Å². The van der Waals surface area contributed by atoms with Crippen molar-refractivity contribution in [2.24, 2.45) is 18.4 Å². The lowest BCUT2D eigenvalue weighted by Gasteiger charge is -2.21. The Bertz CT molecular complexity index is 473. The van der Waals surface area contributed by atoms with Crippen molar-refractivity contribution >= 4 is 11.8 Å². The van der Waals surface area contributed by atoms with Crippen molar-refractivity contribution in [3.05, 3.63) is 11.3 Å². The van der Waals surface area contributed by atoms with Crippen LogP contribution in [0.1, 0.15) is 42.7 Å². The molecular formula is C13H21N3O2. The monoisotopic (exact) mass is 251 g/mol. The van der Waals surface area contributed by atoms with Gasteiger partial charge in [0.05, 0.1) is 5.69 Å². The van der Waals surface area contributed by atoms with Crippen LogP contribution in [-0.4, -0.2) is 27.4 Å². The fourth-order valence-electron chi connectivity index (χ4n) is 2.50. The molecule has 2 N–H and O–H groups in total. The van der Waals surface area contributed by atoms with E-state index in [1.807, 2.05) is 0 Å². The molecule has 1 aliphatic carbocycles. The van der Waals surface area contributed by atoms with Crippen LogP contribution in [0.25, 0.3) is 0 Å². The molecule has 0 aromatic carbocycles. The second-order valence-electron chi connectivity index (χ2n) is 5.61. The minimum Gasteiger partial charge on any atom is -0.477 e. The third-order valence-corrected chi connectivity index (χ3v) is 4.16. The molecule has 1 heterocycles. The summed E-state index contributed by atoms with van der Waals surface area (Å²) >= 11 is 0. The van der Waals surface area contributed by atoms with E-state index in [2.05, 4.69) is 24.3 Å². The molecule has 1 saturated carbocycles. The summed E-state index contributed by atoms with van der Waals surface area (Å²) in [6, 6.07) is 0. The lowest BCUT2D eigenvalue weighted by molar-refractivity contribution is 0.0697. The number of aromatic carboxylic acids is 1. The zero-order valence-corrected chi connectivity index (χ0v) is 11.4. The molecule has 18 heavy (non-hydrogen) atoms. The number of carboxylic acids is 1. The Kier molecular flexibility index (Phi) is 3.09. The highest BCUT2D eigenvalue weighted by Gasteiger charge is 2.45. The molecule has 0 bridgehead atoms. The van der Waals surface area contributed by atoms with Gasteiger partial charge in [0.1, 0.15) is 11.4 Å². The van der Waals surface area contributed by atoms with E-state index in [-0.39, 0.29) is 5.56 Å². The first-order chi connectivity index (χ1) is 8.37. The molecule has 0 amide bonds. The predicted octanol–water partition coefficient (Wildman–Crippen LogP) is 2.27. The van der Waals surface area contributed by atoms with Gasteiger partial charge in [0.25, 0.3) is 0 Å². The summed E-state index contributed by atoms with van der Waals surface area (Å²) in [4.78, 5) is 11.2. The summed E-state index contributed by atoms with van der Waals surface area (Å²) in [6.45, 7) is 7.00. The quantitative estimate of drug-likeness (QED) is 0.842. The molecule has 100 valence electrons. The number of nitrogens with one attached hydrogen (secondary N) is 1. The number of carboxylic acid groups (broad SMARTS) is 1. The molecule has 5 nitrogen and oxygen atoms in total. The largest absolute Gasteiger partial charge is 0.477 e. The fraction of sp³-hybridized carbons (Fsp3) is 0.692. The minimum atomic E-state index is -0.919. The Morgan fingerprint density at radius 2 is 2.17 bits per heavy atom. The maximum atomic E-state index is 11.2. The van der Waals surface area contributed by atoms with E-state index in [4.69, 9.17) is 0 Å². The molecule has 1 fully saturated rings. The topological polar surface area (TPSA) is 67.2 Å². The minimum absolute atomic E-state index is 0.289. The highest BCUT2D eigenvalue weighted by atomic mass is 16.4. The van der Waals surface area contributed by atoms with Crippen molar-refractivity contribution < 1.29 is 9.90 Å². The van der Waals surface area contributed by atoms with Crippen LogP contribution in [0.3, 0.4) is 0 Å². The van der Waals surface area contributed by atoms with E-state index in [9.17, 15) is 9.90 Å². The Morgan fingerprint density at radius 3 is 2.61 bits per heavy atom. The summed E-state index contributed by atoms with van der Waals surface area (Å²) in [7, 11) is 1.77. The van der Waals surface area contributed by atoms with Gasteiger partial charge in [-0.1, -0.05) is 13.8 Å². The van der Waals surface area contributed by atoms with Gasteiger partial charge >= 0.3 is 5.97 Å². The Hall–Kier alpha value is -1.52. The van der Waals surface area contributed by atoms with Gasteiger partial charge in [0.2, 0.25) is 0 Å². The Morgan fingerprint density at radius 1 is 1.56 bits per heavy atom. The lowest BCUT2D eigenvalue weighted by atomic mass is 9.92. The van der Waals surface area contributed by atoms with Crippen LogP contribution in [0.4, 0.5) is 5.82 Å². The van der Waals surface area contributed by atoms with Gasteiger partial charge in [0, 0.05) is 13.6 Å². The average molecular weight is 251 g/mol. The summed E-state index contributed by atoms with van der Waals surface area (Å²) in [6.07, 6.45) is 2.44. The molecule has 0 unspecified atom stereocenters. The molecule has 2 rings (SSSR count). The number of rotatable bonds is 5. The standard InChI is InChI=1S/C13H21N3O2/c1-8(2)13(5-6-13)7-14-11-10(12(17)18)9(3)15-16(11)4/h8,14H,5-7H2,1-4H3,(H,17,18). The van der Waals surface area contributed by atoms with Crippen molar-refractivity contribution in [2.75, 3.05) is 11.9 Å². The second-order valence-corrected chi connectivity index (χ2v) is 5.61.